The van der Waals surface area contributed by atoms with Crippen molar-refractivity contribution in [1.29, 1.82) is 0 Å². The molecule has 0 saturated carbocycles. The molecule has 1 unspecified atom stereocenters. The topological polar surface area (TPSA) is 49.9 Å². The Labute approximate surface area is 100 Å². The van der Waals surface area contributed by atoms with Gasteiger partial charge in [-0.2, -0.15) is 0 Å². The van der Waals surface area contributed by atoms with Gasteiger partial charge in [0.05, 0.1) is 25.8 Å². The van der Waals surface area contributed by atoms with E-state index in [4.69, 9.17) is 4.74 Å². The van der Waals surface area contributed by atoms with Crippen molar-refractivity contribution in [3.8, 4) is 0 Å². The molecule has 88 valence electrons. The number of rotatable bonds is 3. The third-order valence-electron chi connectivity index (χ3n) is 3.04. The van der Waals surface area contributed by atoms with Crippen LogP contribution >= 0.6 is 0 Å². The molecule has 4 heteroatoms. The van der Waals surface area contributed by atoms with E-state index < -0.39 is 0 Å². The van der Waals surface area contributed by atoms with E-state index in [-0.39, 0.29) is 6.04 Å². The maximum atomic E-state index is 5.59. The minimum absolute atomic E-state index is 0.255. The lowest BCUT2D eigenvalue weighted by atomic mass is 9.99. The minimum atomic E-state index is 0.255. The second-order valence-electron chi connectivity index (χ2n) is 4.18. The number of hydrogen-bond acceptors (Lipinski definition) is 3. The Bertz CT molecular complexity index is 481. The fraction of sp³-hybridized carbons (Fsp3) is 0.308. The summed E-state index contributed by atoms with van der Waals surface area (Å²) in [6.45, 7) is 2.17. The lowest BCUT2D eigenvalue weighted by Gasteiger charge is -2.26. The number of aromatic amines is 1. The van der Waals surface area contributed by atoms with Gasteiger partial charge in [0, 0.05) is 12.4 Å². The zero-order chi connectivity index (χ0) is 11.5. The van der Waals surface area contributed by atoms with Crippen LogP contribution in [0.25, 0.3) is 0 Å². The summed E-state index contributed by atoms with van der Waals surface area (Å²) in [6.07, 6.45) is 3.60. The van der Waals surface area contributed by atoms with Gasteiger partial charge in [0.2, 0.25) is 0 Å². The van der Waals surface area contributed by atoms with Crippen molar-refractivity contribution in [2.24, 2.45) is 0 Å². The number of H-pyrrole nitrogens is 1. The summed E-state index contributed by atoms with van der Waals surface area (Å²) in [5.74, 6) is 0.952. The molecule has 3 rings (SSSR count). The molecule has 2 heterocycles. The van der Waals surface area contributed by atoms with Crippen LogP contribution in [0.15, 0.2) is 36.7 Å². The van der Waals surface area contributed by atoms with Crippen molar-refractivity contribution in [3.63, 3.8) is 0 Å². The lowest BCUT2D eigenvalue weighted by Crippen LogP contribution is -2.29. The Morgan fingerprint density at radius 3 is 3.24 bits per heavy atom. The van der Waals surface area contributed by atoms with Crippen LogP contribution in [0.2, 0.25) is 0 Å². The van der Waals surface area contributed by atoms with Gasteiger partial charge in [-0.15, -0.1) is 0 Å². The van der Waals surface area contributed by atoms with Gasteiger partial charge >= 0.3 is 0 Å². The number of aromatic nitrogens is 2. The summed E-state index contributed by atoms with van der Waals surface area (Å²) in [5, 5.41) is 3.46. The molecule has 1 aromatic heterocycles. The Morgan fingerprint density at radius 1 is 1.41 bits per heavy atom. The van der Waals surface area contributed by atoms with Crippen molar-refractivity contribution in [2.75, 3.05) is 6.61 Å². The molecule has 0 bridgehead atoms. The zero-order valence-electron chi connectivity index (χ0n) is 9.52. The summed E-state index contributed by atoms with van der Waals surface area (Å²) in [7, 11) is 0. The van der Waals surface area contributed by atoms with E-state index in [1.54, 1.807) is 6.20 Å². The number of nitrogens with zero attached hydrogens (tertiary/aromatic N) is 1. The fourth-order valence-corrected chi connectivity index (χ4v) is 2.17. The maximum Gasteiger partial charge on any atom is 0.120 e. The van der Waals surface area contributed by atoms with Crippen molar-refractivity contribution >= 4 is 0 Å². The van der Waals surface area contributed by atoms with Crippen molar-refractivity contribution in [3.05, 3.63) is 53.6 Å². The molecule has 2 aromatic rings. The van der Waals surface area contributed by atoms with Crippen LogP contribution in [-0.2, 0) is 17.9 Å². The molecular weight excluding hydrogens is 214 g/mol. The number of hydrogen-bond donors (Lipinski definition) is 2. The number of imidazole rings is 1. The molecule has 2 N–H and O–H groups in total. The molecule has 1 aliphatic heterocycles. The van der Waals surface area contributed by atoms with E-state index in [0.717, 1.165) is 25.6 Å². The van der Waals surface area contributed by atoms with E-state index in [9.17, 15) is 0 Å². The summed E-state index contributed by atoms with van der Waals surface area (Å²) >= 11 is 0. The van der Waals surface area contributed by atoms with Gasteiger partial charge in [0.15, 0.2) is 0 Å². The second kappa shape index (κ2) is 4.69. The van der Waals surface area contributed by atoms with Crippen molar-refractivity contribution in [1.82, 2.24) is 15.3 Å². The van der Waals surface area contributed by atoms with Gasteiger partial charge in [-0.25, -0.2) is 4.98 Å². The lowest BCUT2D eigenvalue weighted by molar-refractivity contribution is 0.0815. The first-order valence-electron chi connectivity index (χ1n) is 5.80. The van der Waals surface area contributed by atoms with Gasteiger partial charge < -0.3 is 15.0 Å². The zero-order valence-corrected chi connectivity index (χ0v) is 9.52. The molecule has 0 amide bonds. The number of ether oxygens (including phenoxy) is 1. The van der Waals surface area contributed by atoms with E-state index in [1.807, 2.05) is 6.20 Å². The Morgan fingerprint density at radius 2 is 2.35 bits per heavy atom. The first kappa shape index (κ1) is 10.5. The first-order valence-corrected chi connectivity index (χ1v) is 5.80. The van der Waals surface area contributed by atoms with Crippen LogP contribution < -0.4 is 5.32 Å². The average molecular weight is 229 g/mol. The van der Waals surface area contributed by atoms with E-state index in [0.29, 0.717) is 0 Å². The molecule has 17 heavy (non-hydrogen) atoms. The van der Waals surface area contributed by atoms with E-state index in [1.165, 1.54) is 11.1 Å². The van der Waals surface area contributed by atoms with Crippen LogP contribution in [0.3, 0.4) is 0 Å². The quantitative estimate of drug-likeness (QED) is 0.843. The van der Waals surface area contributed by atoms with E-state index >= 15 is 0 Å². The highest BCUT2D eigenvalue weighted by molar-refractivity contribution is 5.31. The van der Waals surface area contributed by atoms with Crippen molar-refractivity contribution < 1.29 is 4.74 Å². The molecule has 0 aliphatic carbocycles. The third-order valence-corrected chi connectivity index (χ3v) is 3.04. The molecular formula is C13H15N3O. The van der Waals surface area contributed by atoms with Crippen LogP contribution in [0, 0.1) is 0 Å². The standard InChI is InChI=1S/C13H15N3O/c1-2-4-11-10(3-1)8-17-9-12(11)16-7-13-14-5-6-15-13/h1-6,12,16H,7-9H2,(H,14,15). The van der Waals surface area contributed by atoms with Gasteiger partial charge in [0.1, 0.15) is 5.82 Å². The molecule has 0 radical (unpaired) electrons. The smallest absolute Gasteiger partial charge is 0.120 e. The van der Waals surface area contributed by atoms with Crippen LogP contribution in [0.1, 0.15) is 23.0 Å². The normalized spacial score (nSPS) is 18.9. The first-order chi connectivity index (χ1) is 8.43. The molecule has 0 saturated heterocycles. The summed E-state index contributed by atoms with van der Waals surface area (Å²) in [4.78, 5) is 7.28. The Kier molecular flexibility index (Phi) is 2.90. The predicted octanol–water partition coefficient (Wildman–Crippen LogP) is 1.77. The largest absolute Gasteiger partial charge is 0.375 e. The number of benzene rings is 1. The highest BCUT2D eigenvalue weighted by Gasteiger charge is 2.19. The van der Waals surface area contributed by atoms with Gasteiger partial charge in [-0.3, -0.25) is 0 Å². The highest BCUT2D eigenvalue weighted by Crippen LogP contribution is 2.24. The summed E-state index contributed by atoms with van der Waals surface area (Å²) in [6, 6.07) is 8.67. The SMILES string of the molecule is c1ccc2c(c1)COCC2NCc1ncc[nH]1. The van der Waals surface area contributed by atoms with Gasteiger partial charge in [-0.1, -0.05) is 24.3 Å². The number of nitrogens with one attached hydrogen (secondary N) is 2. The van der Waals surface area contributed by atoms with Crippen LogP contribution in [0.5, 0.6) is 0 Å². The molecule has 1 aliphatic rings. The molecule has 0 spiro atoms. The Hall–Kier alpha value is -1.65. The van der Waals surface area contributed by atoms with E-state index in [2.05, 4.69) is 39.6 Å². The summed E-state index contributed by atoms with van der Waals surface area (Å²) in [5.41, 5.74) is 2.61. The second-order valence-corrected chi connectivity index (χ2v) is 4.18. The Balaban J connectivity index is 1.72. The minimum Gasteiger partial charge on any atom is -0.375 e. The summed E-state index contributed by atoms with van der Waals surface area (Å²) < 4.78 is 5.59. The fourth-order valence-electron chi connectivity index (χ4n) is 2.17. The highest BCUT2D eigenvalue weighted by atomic mass is 16.5. The average Bonchev–Trinajstić information content (AvgIpc) is 2.89. The van der Waals surface area contributed by atoms with Crippen LogP contribution in [-0.4, -0.2) is 16.6 Å². The molecule has 4 nitrogen and oxygen atoms in total. The molecule has 1 atom stereocenters. The molecule has 1 aromatic carbocycles. The van der Waals surface area contributed by atoms with Gasteiger partial charge in [-0.05, 0) is 11.1 Å². The monoisotopic (exact) mass is 229 g/mol. The van der Waals surface area contributed by atoms with Crippen molar-refractivity contribution in [2.45, 2.75) is 19.2 Å². The predicted molar refractivity (Wildman–Crippen MR) is 64.3 cm³/mol. The third kappa shape index (κ3) is 2.23. The molecule has 0 fully saturated rings. The maximum absolute atomic E-state index is 5.59. The number of fused-ring (bicyclic) bond motifs is 1. The van der Waals surface area contributed by atoms with Gasteiger partial charge in [0.25, 0.3) is 0 Å². The van der Waals surface area contributed by atoms with Crippen LogP contribution in [0.4, 0.5) is 0 Å².